The van der Waals surface area contributed by atoms with Crippen molar-refractivity contribution in [3.05, 3.63) is 102 Å². The highest BCUT2D eigenvalue weighted by Gasteiger charge is 2.26. The van der Waals surface area contributed by atoms with E-state index in [-0.39, 0.29) is 18.4 Å². The number of carboxylic acids is 1. The zero-order chi connectivity index (χ0) is 27.5. The highest BCUT2D eigenvalue weighted by Crippen LogP contribution is 2.16. The second-order valence-corrected chi connectivity index (χ2v) is 9.77. The minimum absolute atomic E-state index is 0.112. The third kappa shape index (κ3) is 8.88. The summed E-state index contributed by atoms with van der Waals surface area (Å²) in [5.41, 5.74) is 2.97. The lowest BCUT2D eigenvalue weighted by Crippen LogP contribution is -2.52. The lowest BCUT2D eigenvalue weighted by atomic mass is 10.0. The normalized spacial score (nSPS) is 14.3. The summed E-state index contributed by atoms with van der Waals surface area (Å²) in [7, 11) is 0. The van der Waals surface area contributed by atoms with Gasteiger partial charge in [-0.1, -0.05) is 72.8 Å². The Hall–Kier alpha value is -4.33. The number of likely N-dealkylation sites (tertiary alicyclic amines) is 1. The highest BCUT2D eigenvalue weighted by molar-refractivity contribution is 5.83. The summed E-state index contributed by atoms with van der Waals surface area (Å²) >= 11 is 0. The molecule has 0 saturated carbocycles. The molecular weight excluding hydrogens is 494 g/mol. The van der Waals surface area contributed by atoms with E-state index in [1.54, 1.807) is 24.3 Å². The van der Waals surface area contributed by atoms with Gasteiger partial charge in [0.25, 0.3) is 0 Å². The Morgan fingerprint density at radius 1 is 0.846 bits per heavy atom. The Bertz CT molecular complexity index is 1210. The first-order chi connectivity index (χ1) is 19.0. The van der Waals surface area contributed by atoms with Gasteiger partial charge in [0, 0.05) is 32.0 Å². The SMILES string of the molecule is O=C(NC1CCN(C(=O)CCc2ccccc2)CC1)NC(Cc1ccc(OCc2ccccc2)cc1)C(=O)O. The van der Waals surface area contributed by atoms with Crippen molar-refractivity contribution in [2.24, 2.45) is 0 Å². The summed E-state index contributed by atoms with van der Waals surface area (Å²) in [5.74, 6) is -0.303. The maximum atomic E-state index is 12.6. The molecule has 1 unspecified atom stereocenters. The van der Waals surface area contributed by atoms with Crippen molar-refractivity contribution < 1.29 is 24.2 Å². The first kappa shape index (κ1) is 27.7. The standard InChI is InChI=1S/C31H35N3O5/c35-29(16-13-23-7-3-1-4-8-23)34-19-17-26(18-20-34)32-31(38)33-28(30(36)37)21-24-11-14-27(15-12-24)39-22-25-9-5-2-6-10-25/h1-12,14-15,26,28H,13,16-22H2,(H,36,37)(H2,32,33,38). The fourth-order valence-corrected chi connectivity index (χ4v) is 4.61. The monoisotopic (exact) mass is 529 g/mol. The summed E-state index contributed by atoms with van der Waals surface area (Å²) in [6.07, 6.45) is 2.58. The van der Waals surface area contributed by atoms with Crippen LogP contribution in [0.5, 0.6) is 5.75 Å². The second-order valence-electron chi connectivity index (χ2n) is 9.77. The van der Waals surface area contributed by atoms with E-state index in [1.807, 2.05) is 65.6 Å². The van der Waals surface area contributed by atoms with E-state index in [2.05, 4.69) is 10.6 Å². The predicted octanol–water partition coefficient (Wildman–Crippen LogP) is 4.18. The zero-order valence-corrected chi connectivity index (χ0v) is 21.9. The topological polar surface area (TPSA) is 108 Å². The molecule has 1 aliphatic heterocycles. The van der Waals surface area contributed by atoms with Crippen molar-refractivity contribution >= 4 is 17.9 Å². The summed E-state index contributed by atoms with van der Waals surface area (Å²) in [6.45, 7) is 1.58. The molecule has 1 fully saturated rings. The number of hydrogen-bond donors (Lipinski definition) is 3. The molecule has 1 saturated heterocycles. The number of benzene rings is 3. The number of aliphatic carboxylic acids is 1. The number of carbonyl (C=O) groups excluding carboxylic acids is 2. The van der Waals surface area contributed by atoms with Crippen LogP contribution in [0.1, 0.15) is 36.0 Å². The number of urea groups is 1. The van der Waals surface area contributed by atoms with Gasteiger partial charge in [0.2, 0.25) is 5.91 Å². The zero-order valence-electron chi connectivity index (χ0n) is 21.9. The fraction of sp³-hybridized carbons (Fsp3) is 0.323. The molecule has 1 atom stereocenters. The molecule has 0 radical (unpaired) electrons. The van der Waals surface area contributed by atoms with Crippen molar-refractivity contribution in [1.82, 2.24) is 15.5 Å². The van der Waals surface area contributed by atoms with Crippen molar-refractivity contribution in [3.63, 3.8) is 0 Å². The number of carboxylic acid groups (broad SMARTS) is 1. The lowest BCUT2D eigenvalue weighted by Gasteiger charge is -2.32. The molecule has 4 rings (SSSR count). The number of aryl methyl sites for hydroxylation is 1. The molecule has 8 nitrogen and oxygen atoms in total. The molecule has 8 heteroatoms. The van der Waals surface area contributed by atoms with Gasteiger partial charge in [-0.05, 0) is 48.1 Å². The Morgan fingerprint density at radius 2 is 1.46 bits per heavy atom. The number of amides is 3. The number of carbonyl (C=O) groups is 3. The van der Waals surface area contributed by atoms with Crippen LogP contribution in [0.3, 0.4) is 0 Å². The number of rotatable bonds is 11. The predicted molar refractivity (Wildman–Crippen MR) is 148 cm³/mol. The van der Waals surface area contributed by atoms with Crippen LogP contribution in [0.2, 0.25) is 0 Å². The van der Waals surface area contributed by atoms with Gasteiger partial charge in [-0.15, -0.1) is 0 Å². The molecule has 204 valence electrons. The second kappa shape index (κ2) is 14.0. The molecule has 3 N–H and O–H groups in total. The van der Waals surface area contributed by atoms with Gasteiger partial charge in [0.1, 0.15) is 18.4 Å². The van der Waals surface area contributed by atoms with Gasteiger partial charge in [-0.2, -0.15) is 0 Å². The van der Waals surface area contributed by atoms with Crippen LogP contribution >= 0.6 is 0 Å². The van der Waals surface area contributed by atoms with E-state index in [4.69, 9.17) is 4.74 Å². The molecule has 0 aliphatic carbocycles. The minimum Gasteiger partial charge on any atom is -0.489 e. The van der Waals surface area contributed by atoms with Crippen molar-refractivity contribution in [3.8, 4) is 5.75 Å². The Balaban J connectivity index is 1.18. The lowest BCUT2D eigenvalue weighted by molar-refractivity contribution is -0.139. The fourth-order valence-electron chi connectivity index (χ4n) is 4.61. The molecule has 3 amide bonds. The van der Waals surface area contributed by atoms with Gasteiger partial charge in [0.15, 0.2) is 0 Å². The van der Waals surface area contributed by atoms with Crippen LogP contribution in [0.15, 0.2) is 84.9 Å². The van der Waals surface area contributed by atoms with Crippen LogP contribution < -0.4 is 15.4 Å². The van der Waals surface area contributed by atoms with Crippen molar-refractivity contribution in [1.29, 1.82) is 0 Å². The highest BCUT2D eigenvalue weighted by atomic mass is 16.5. The van der Waals surface area contributed by atoms with Crippen LogP contribution in [-0.4, -0.2) is 53.1 Å². The number of nitrogens with zero attached hydrogens (tertiary/aromatic N) is 1. The van der Waals surface area contributed by atoms with Crippen LogP contribution in [-0.2, 0) is 29.0 Å². The number of ether oxygens (including phenoxy) is 1. The van der Waals surface area contributed by atoms with E-state index >= 15 is 0 Å². The first-order valence-electron chi connectivity index (χ1n) is 13.3. The summed E-state index contributed by atoms with van der Waals surface area (Å²) in [4.78, 5) is 38.8. The van der Waals surface area contributed by atoms with E-state index in [0.717, 1.165) is 16.7 Å². The Morgan fingerprint density at radius 3 is 2.08 bits per heavy atom. The maximum absolute atomic E-state index is 12.6. The molecule has 0 bridgehead atoms. The van der Waals surface area contributed by atoms with Crippen molar-refractivity contribution in [2.75, 3.05) is 13.1 Å². The average Bonchev–Trinajstić information content (AvgIpc) is 2.96. The molecular formula is C31H35N3O5. The van der Waals surface area contributed by atoms with Crippen LogP contribution in [0.4, 0.5) is 4.79 Å². The molecule has 3 aromatic carbocycles. The van der Waals surface area contributed by atoms with E-state index in [9.17, 15) is 19.5 Å². The van der Waals surface area contributed by atoms with Gasteiger partial charge < -0.3 is 25.4 Å². The quantitative estimate of drug-likeness (QED) is 0.345. The molecule has 3 aromatic rings. The molecule has 0 spiro atoms. The number of nitrogens with one attached hydrogen (secondary N) is 2. The molecule has 1 aliphatic rings. The first-order valence-corrected chi connectivity index (χ1v) is 13.3. The summed E-state index contributed by atoms with van der Waals surface area (Å²) in [6, 6.07) is 25.3. The minimum atomic E-state index is -1.10. The average molecular weight is 530 g/mol. The smallest absolute Gasteiger partial charge is 0.326 e. The molecule has 0 aromatic heterocycles. The summed E-state index contributed by atoms with van der Waals surface area (Å²) < 4.78 is 5.78. The van der Waals surface area contributed by atoms with Gasteiger partial charge in [-0.25, -0.2) is 9.59 Å². The van der Waals surface area contributed by atoms with Gasteiger partial charge >= 0.3 is 12.0 Å². The Kier molecular flexibility index (Phi) is 9.94. The van der Waals surface area contributed by atoms with E-state index < -0.39 is 18.0 Å². The third-order valence-corrected chi connectivity index (χ3v) is 6.87. The van der Waals surface area contributed by atoms with Crippen LogP contribution in [0, 0.1) is 0 Å². The number of piperidine rings is 1. The largest absolute Gasteiger partial charge is 0.489 e. The van der Waals surface area contributed by atoms with E-state index in [1.165, 1.54) is 0 Å². The molecule has 1 heterocycles. The van der Waals surface area contributed by atoms with Gasteiger partial charge in [-0.3, -0.25) is 4.79 Å². The van der Waals surface area contributed by atoms with Gasteiger partial charge in [0.05, 0.1) is 0 Å². The third-order valence-electron chi connectivity index (χ3n) is 6.87. The van der Waals surface area contributed by atoms with E-state index in [0.29, 0.717) is 51.1 Å². The summed E-state index contributed by atoms with van der Waals surface area (Å²) in [5, 5.41) is 15.1. The molecule has 39 heavy (non-hydrogen) atoms. The Labute approximate surface area is 229 Å². The van der Waals surface area contributed by atoms with Crippen LogP contribution in [0.25, 0.3) is 0 Å². The number of hydrogen-bond acceptors (Lipinski definition) is 4. The van der Waals surface area contributed by atoms with Crippen molar-refractivity contribution in [2.45, 2.75) is 50.8 Å². The maximum Gasteiger partial charge on any atom is 0.326 e.